The number of hydrogen-bond donors (Lipinski definition) is 0. The van der Waals surface area contributed by atoms with Gasteiger partial charge in [0.2, 0.25) is 0 Å². The molecule has 0 aliphatic carbocycles. The minimum Gasteiger partial charge on any atom is -0.303 e. The second-order valence-electron chi connectivity index (χ2n) is 5.84. The molecule has 0 radical (unpaired) electrons. The molecule has 0 saturated carbocycles. The average molecular weight is 183 g/mol. The van der Waals surface area contributed by atoms with Crippen LogP contribution in [0.15, 0.2) is 0 Å². The highest BCUT2D eigenvalue weighted by atomic mass is 15.2. The van der Waals surface area contributed by atoms with Crippen LogP contribution in [0.4, 0.5) is 0 Å². The van der Waals surface area contributed by atoms with Gasteiger partial charge in [0.25, 0.3) is 0 Å². The molecular weight excluding hydrogens is 158 g/mol. The standard InChI is InChI=1S/C12H25N/c1-6-8-13-9-7-12(5,10-13)11(2,3)4/h6-10H2,1-5H3. The lowest BCUT2D eigenvalue weighted by molar-refractivity contribution is 0.115. The summed E-state index contributed by atoms with van der Waals surface area (Å²) in [5.74, 6) is 0. The summed E-state index contributed by atoms with van der Waals surface area (Å²) in [7, 11) is 0. The van der Waals surface area contributed by atoms with Crippen molar-refractivity contribution in [3.63, 3.8) is 0 Å². The van der Waals surface area contributed by atoms with Crippen LogP contribution in [0.1, 0.15) is 47.5 Å². The molecule has 1 saturated heterocycles. The molecule has 0 spiro atoms. The third-order valence-electron chi connectivity index (χ3n) is 3.90. The Morgan fingerprint density at radius 1 is 1.31 bits per heavy atom. The zero-order valence-corrected chi connectivity index (χ0v) is 9.98. The first-order valence-corrected chi connectivity index (χ1v) is 5.61. The largest absolute Gasteiger partial charge is 0.303 e. The molecule has 78 valence electrons. The van der Waals surface area contributed by atoms with Crippen LogP contribution in [0, 0.1) is 10.8 Å². The molecule has 0 N–H and O–H groups in total. The van der Waals surface area contributed by atoms with E-state index in [-0.39, 0.29) is 0 Å². The zero-order chi connectivity index (χ0) is 10.1. The van der Waals surface area contributed by atoms with Crippen molar-refractivity contribution >= 4 is 0 Å². The molecule has 1 rings (SSSR count). The second-order valence-corrected chi connectivity index (χ2v) is 5.84. The summed E-state index contributed by atoms with van der Waals surface area (Å²) in [6, 6.07) is 0. The number of rotatable bonds is 2. The molecule has 0 aromatic heterocycles. The first-order chi connectivity index (χ1) is 5.89. The van der Waals surface area contributed by atoms with Crippen molar-refractivity contribution in [2.24, 2.45) is 10.8 Å². The Morgan fingerprint density at radius 2 is 1.92 bits per heavy atom. The van der Waals surface area contributed by atoms with Crippen LogP contribution < -0.4 is 0 Å². The smallest absolute Gasteiger partial charge is 0.00408 e. The molecule has 1 unspecified atom stereocenters. The third-order valence-corrected chi connectivity index (χ3v) is 3.90. The number of nitrogens with zero attached hydrogens (tertiary/aromatic N) is 1. The van der Waals surface area contributed by atoms with Crippen LogP contribution in [0.5, 0.6) is 0 Å². The topological polar surface area (TPSA) is 3.24 Å². The summed E-state index contributed by atoms with van der Waals surface area (Å²) in [5.41, 5.74) is 0.984. The van der Waals surface area contributed by atoms with Crippen LogP contribution in [0.2, 0.25) is 0 Å². The summed E-state index contributed by atoms with van der Waals surface area (Å²) in [4.78, 5) is 2.62. The summed E-state index contributed by atoms with van der Waals surface area (Å²) in [6.45, 7) is 15.7. The predicted molar refractivity (Wildman–Crippen MR) is 58.9 cm³/mol. The minimum absolute atomic E-state index is 0.454. The molecule has 1 atom stereocenters. The fraction of sp³-hybridized carbons (Fsp3) is 1.00. The van der Waals surface area contributed by atoms with Crippen molar-refractivity contribution in [1.29, 1.82) is 0 Å². The third kappa shape index (κ3) is 2.25. The highest BCUT2D eigenvalue weighted by Gasteiger charge is 2.42. The Bertz CT molecular complexity index is 168. The van der Waals surface area contributed by atoms with E-state index in [1.54, 1.807) is 0 Å². The monoisotopic (exact) mass is 183 g/mol. The fourth-order valence-electron chi connectivity index (χ4n) is 2.18. The normalized spacial score (nSPS) is 31.2. The van der Waals surface area contributed by atoms with Crippen LogP contribution in [0.3, 0.4) is 0 Å². The van der Waals surface area contributed by atoms with Gasteiger partial charge in [-0.3, -0.25) is 0 Å². The molecule has 13 heavy (non-hydrogen) atoms. The lowest BCUT2D eigenvalue weighted by Crippen LogP contribution is -2.36. The van der Waals surface area contributed by atoms with Gasteiger partial charge < -0.3 is 4.90 Å². The average Bonchev–Trinajstić information content (AvgIpc) is 2.32. The van der Waals surface area contributed by atoms with Gasteiger partial charge in [-0.25, -0.2) is 0 Å². The first kappa shape index (κ1) is 11.0. The SMILES string of the molecule is CCCN1CCC(C)(C(C)(C)C)C1. The molecule has 1 nitrogen and oxygen atoms in total. The quantitative estimate of drug-likeness (QED) is 0.635. The van der Waals surface area contributed by atoms with E-state index < -0.39 is 0 Å². The molecule has 0 aromatic rings. The Labute approximate surface area is 83.5 Å². The lowest BCUT2D eigenvalue weighted by atomic mass is 9.67. The fourth-order valence-corrected chi connectivity index (χ4v) is 2.18. The summed E-state index contributed by atoms with van der Waals surface area (Å²) in [6.07, 6.45) is 2.66. The highest BCUT2D eigenvalue weighted by Crippen LogP contribution is 2.45. The van der Waals surface area contributed by atoms with Crippen LogP contribution in [-0.4, -0.2) is 24.5 Å². The van der Waals surface area contributed by atoms with Gasteiger partial charge in [0.05, 0.1) is 0 Å². The summed E-state index contributed by atoms with van der Waals surface area (Å²) >= 11 is 0. The predicted octanol–water partition coefficient (Wildman–Crippen LogP) is 3.15. The van der Waals surface area contributed by atoms with Crippen LogP contribution in [-0.2, 0) is 0 Å². The summed E-state index contributed by atoms with van der Waals surface area (Å²) < 4.78 is 0. The summed E-state index contributed by atoms with van der Waals surface area (Å²) in [5, 5.41) is 0. The van der Waals surface area contributed by atoms with Crippen molar-refractivity contribution in [2.45, 2.75) is 47.5 Å². The van der Waals surface area contributed by atoms with Crippen LogP contribution >= 0.6 is 0 Å². The van der Waals surface area contributed by atoms with Gasteiger partial charge in [-0.2, -0.15) is 0 Å². The van der Waals surface area contributed by atoms with E-state index in [4.69, 9.17) is 0 Å². The van der Waals surface area contributed by atoms with Gasteiger partial charge in [0.1, 0.15) is 0 Å². The van der Waals surface area contributed by atoms with E-state index in [0.717, 1.165) is 0 Å². The van der Waals surface area contributed by atoms with Crippen molar-refractivity contribution in [1.82, 2.24) is 4.90 Å². The van der Waals surface area contributed by atoms with Gasteiger partial charge in [0, 0.05) is 6.54 Å². The molecule has 0 bridgehead atoms. The van der Waals surface area contributed by atoms with Crippen LogP contribution in [0.25, 0.3) is 0 Å². The highest BCUT2D eigenvalue weighted by molar-refractivity contribution is 4.94. The van der Waals surface area contributed by atoms with Gasteiger partial charge in [-0.1, -0.05) is 34.6 Å². The van der Waals surface area contributed by atoms with Crippen molar-refractivity contribution < 1.29 is 0 Å². The van der Waals surface area contributed by atoms with E-state index in [1.165, 1.54) is 32.5 Å². The van der Waals surface area contributed by atoms with Gasteiger partial charge in [-0.15, -0.1) is 0 Å². The van der Waals surface area contributed by atoms with Gasteiger partial charge in [0.15, 0.2) is 0 Å². The Morgan fingerprint density at radius 3 is 2.31 bits per heavy atom. The van der Waals surface area contributed by atoms with E-state index in [2.05, 4.69) is 39.5 Å². The lowest BCUT2D eigenvalue weighted by Gasteiger charge is -2.38. The molecule has 0 aromatic carbocycles. The Hall–Kier alpha value is -0.0400. The molecule has 1 aliphatic rings. The zero-order valence-electron chi connectivity index (χ0n) is 9.98. The maximum atomic E-state index is 2.62. The van der Waals surface area contributed by atoms with E-state index >= 15 is 0 Å². The van der Waals surface area contributed by atoms with E-state index in [0.29, 0.717) is 10.8 Å². The van der Waals surface area contributed by atoms with Crippen molar-refractivity contribution in [3.8, 4) is 0 Å². The molecular formula is C12H25N. The van der Waals surface area contributed by atoms with Crippen molar-refractivity contribution in [2.75, 3.05) is 19.6 Å². The maximum Gasteiger partial charge on any atom is 0.00408 e. The Kier molecular flexibility index (Phi) is 3.06. The van der Waals surface area contributed by atoms with E-state index in [9.17, 15) is 0 Å². The molecule has 1 heterocycles. The molecule has 1 aliphatic heterocycles. The minimum atomic E-state index is 0.454. The maximum absolute atomic E-state index is 2.62. The molecule has 1 heteroatoms. The second kappa shape index (κ2) is 3.61. The number of likely N-dealkylation sites (tertiary alicyclic amines) is 1. The Balaban J connectivity index is 2.56. The number of hydrogen-bond acceptors (Lipinski definition) is 1. The molecule has 0 amide bonds. The van der Waals surface area contributed by atoms with Gasteiger partial charge in [-0.05, 0) is 36.8 Å². The van der Waals surface area contributed by atoms with E-state index in [1.807, 2.05) is 0 Å². The van der Waals surface area contributed by atoms with Crippen molar-refractivity contribution in [3.05, 3.63) is 0 Å². The first-order valence-electron chi connectivity index (χ1n) is 5.61. The van der Waals surface area contributed by atoms with Gasteiger partial charge >= 0.3 is 0 Å². The molecule has 1 fully saturated rings.